The maximum Gasteiger partial charge on any atom is 0.241 e. The molecule has 0 bridgehead atoms. The van der Waals surface area contributed by atoms with Crippen molar-refractivity contribution >= 4 is 41.5 Å². The Morgan fingerprint density at radius 3 is 2.20 bits per heavy atom. The Morgan fingerprint density at radius 2 is 1.57 bits per heavy atom. The van der Waals surface area contributed by atoms with Gasteiger partial charge in [-0.25, -0.2) is 4.99 Å². The lowest BCUT2D eigenvalue weighted by atomic mass is 10.1. The summed E-state index contributed by atoms with van der Waals surface area (Å²) in [5.74, 6) is 0.776. The highest BCUT2D eigenvalue weighted by atomic mass is 127. The van der Waals surface area contributed by atoms with E-state index >= 15 is 0 Å². The predicted octanol–water partition coefficient (Wildman–Crippen LogP) is 2.75. The van der Waals surface area contributed by atoms with E-state index in [0.717, 1.165) is 45.1 Å². The quantitative estimate of drug-likeness (QED) is 0.335. The first kappa shape index (κ1) is 24.0. The number of anilines is 1. The van der Waals surface area contributed by atoms with Crippen LogP contribution in [0.1, 0.15) is 12.5 Å². The molecule has 3 rings (SSSR count). The van der Waals surface area contributed by atoms with E-state index < -0.39 is 0 Å². The molecule has 7 heteroatoms. The van der Waals surface area contributed by atoms with Gasteiger partial charge in [0.2, 0.25) is 5.91 Å². The molecule has 0 spiro atoms. The third-order valence-electron chi connectivity index (χ3n) is 4.99. The summed E-state index contributed by atoms with van der Waals surface area (Å²) in [5, 5.41) is 6.28. The minimum absolute atomic E-state index is 0. The van der Waals surface area contributed by atoms with Gasteiger partial charge in [-0.1, -0.05) is 48.5 Å². The minimum Gasteiger partial charge on any atom is -0.368 e. The number of rotatable bonds is 7. The molecule has 6 nitrogen and oxygen atoms in total. The van der Waals surface area contributed by atoms with Gasteiger partial charge in [-0.15, -0.1) is 24.0 Å². The van der Waals surface area contributed by atoms with Crippen LogP contribution in [-0.4, -0.2) is 62.6 Å². The van der Waals surface area contributed by atoms with Crippen LogP contribution in [0.4, 0.5) is 5.69 Å². The molecular weight excluding hydrogens is 489 g/mol. The van der Waals surface area contributed by atoms with Crippen LogP contribution in [0.2, 0.25) is 0 Å². The number of piperazine rings is 1. The molecule has 0 saturated carbocycles. The van der Waals surface area contributed by atoms with Gasteiger partial charge in [0.25, 0.3) is 0 Å². The number of hydrogen-bond donors (Lipinski definition) is 2. The van der Waals surface area contributed by atoms with Crippen molar-refractivity contribution in [3.8, 4) is 0 Å². The molecule has 2 N–H and O–H groups in total. The molecule has 1 heterocycles. The monoisotopic (exact) mass is 521 g/mol. The lowest BCUT2D eigenvalue weighted by Crippen LogP contribution is -2.52. The van der Waals surface area contributed by atoms with E-state index in [-0.39, 0.29) is 36.4 Å². The number of nitrogens with one attached hydrogen (secondary N) is 2. The lowest BCUT2D eigenvalue weighted by molar-refractivity contribution is -0.119. The SMILES string of the molecule is CCNC(=NCC(=O)NCCc1ccccc1)N1CCN(c2ccccc2)CC1.I. The number of guanidine groups is 1. The molecule has 1 fully saturated rings. The molecule has 1 saturated heterocycles. The van der Waals surface area contributed by atoms with Crippen LogP contribution in [-0.2, 0) is 11.2 Å². The molecule has 2 aromatic rings. The van der Waals surface area contributed by atoms with Gasteiger partial charge in [0, 0.05) is 45.0 Å². The van der Waals surface area contributed by atoms with Crippen LogP contribution in [0, 0.1) is 0 Å². The van der Waals surface area contributed by atoms with Crippen molar-refractivity contribution in [1.82, 2.24) is 15.5 Å². The first-order valence-corrected chi connectivity index (χ1v) is 10.4. The van der Waals surface area contributed by atoms with Gasteiger partial charge in [0.15, 0.2) is 5.96 Å². The number of carbonyl (C=O) groups is 1. The predicted molar refractivity (Wildman–Crippen MR) is 135 cm³/mol. The minimum atomic E-state index is -0.0424. The molecule has 30 heavy (non-hydrogen) atoms. The third-order valence-corrected chi connectivity index (χ3v) is 4.99. The first-order valence-electron chi connectivity index (χ1n) is 10.4. The van der Waals surface area contributed by atoms with E-state index in [4.69, 9.17) is 0 Å². The van der Waals surface area contributed by atoms with Crippen molar-refractivity contribution in [2.24, 2.45) is 4.99 Å². The highest BCUT2D eigenvalue weighted by molar-refractivity contribution is 14.0. The molecule has 0 unspecified atom stereocenters. The number of nitrogens with zero attached hydrogens (tertiary/aromatic N) is 3. The van der Waals surface area contributed by atoms with E-state index in [2.05, 4.69) is 68.7 Å². The standard InChI is InChI=1S/C23H31N5O.HI/c1-2-24-23(26-19-22(29)25-14-13-20-9-5-3-6-10-20)28-17-15-27(16-18-28)21-11-7-4-8-12-21;/h3-12H,2,13-19H2,1H3,(H,24,26)(H,25,29);1H. The lowest BCUT2D eigenvalue weighted by Gasteiger charge is -2.37. The van der Waals surface area contributed by atoms with E-state index in [1.807, 2.05) is 24.3 Å². The Kier molecular flexibility index (Phi) is 10.5. The molecule has 0 aliphatic carbocycles. The number of benzene rings is 2. The first-order chi connectivity index (χ1) is 14.3. The van der Waals surface area contributed by atoms with E-state index in [9.17, 15) is 4.79 Å². The van der Waals surface area contributed by atoms with E-state index in [1.165, 1.54) is 11.3 Å². The van der Waals surface area contributed by atoms with E-state index in [1.54, 1.807) is 0 Å². The van der Waals surface area contributed by atoms with Crippen molar-refractivity contribution in [1.29, 1.82) is 0 Å². The van der Waals surface area contributed by atoms with Crippen LogP contribution in [0.25, 0.3) is 0 Å². The number of halogens is 1. The summed E-state index contributed by atoms with van der Waals surface area (Å²) in [7, 11) is 0. The van der Waals surface area contributed by atoms with Crippen molar-refractivity contribution < 1.29 is 4.79 Å². The van der Waals surface area contributed by atoms with Gasteiger partial charge in [0.05, 0.1) is 0 Å². The van der Waals surface area contributed by atoms with Crippen LogP contribution in [0.3, 0.4) is 0 Å². The maximum atomic E-state index is 12.2. The Balaban J connectivity index is 0.00000320. The van der Waals surface area contributed by atoms with Gasteiger partial charge < -0.3 is 20.4 Å². The van der Waals surface area contributed by atoms with Crippen molar-refractivity contribution in [3.63, 3.8) is 0 Å². The molecule has 162 valence electrons. The number of amides is 1. The molecule has 0 atom stereocenters. The second kappa shape index (κ2) is 13.1. The summed E-state index contributed by atoms with van der Waals surface area (Å²) in [4.78, 5) is 21.4. The zero-order chi connectivity index (χ0) is 20.3. The molecule has 1 amide bonds. The van der Waals surface area contributed by atoms with Gasteiger partial charge >= 0.3 is 0 Å². The summed E-state index contributed by atoms with van der Waals surface area (Å²) >= 11 is 0. The second-order valence-corrected chi connectivity index (χ2v) is 7.07. The Morgan fingerprint density at radius 1 is 0.933 bits per heavy atom. The Bertz CT molecular complexity index is 777. The zero-order valence-corrected chi connectivity index (χ0v) is 19.9. The summed E-state index contributed by atoms with van der Waals surface area (Å²) in [5.41, 5.74) is 2.48. The summed E-state index contributed by atoms with van der Waals surface area (Å²) in [6.07, 6.45) is 0.831. The van der Waals surface area contributed by atoms with Gasteiger partial charge in [0.1, 0.15) is 6.54 Å². The zero-order valence-electron chi connectivity index (χ0n) is 17.6. The Labute approximate surface area is 196 Å². The molecule has 0 aromatic heterocycles. The number of hydrogen-bond acceptors (Lipinski definition) is 3. The van der Waals surface area contributed by atoms with Crippen LogP contribution >= 0.6 is 24.0 Å². The molecule has 1 aliphatic rings. The Hall–Kier alpha value is -2.29. The van der Waals surface area contributed by atoms with Crippen molar-refractivity contribution in [2.75, 3.05) is 50.7 Å². The van der Waals surface area contributed by atoms with Gasteiger partial charge in [-0.3, -0.25) is 4.79 Å². The molecular formula is C23H32IN5O. The largest absolute Gasteiger partial charge is 0.368 e. The summed E-state index contributed by atoms with van der Waals surface area (Å²) in [6, 6.07) is 20.7. The van der Waals surface area contributed by atoms with E-state index in [0.29, 0.717) is 6.54 Å². The number of carbonyl (C=O) groups excluding carboxylic acids is 1. The van der Waals surface area contributed by atoms with Crippen molar-refractivity contribution in [3.05, 3.63) is 66.2 Å². The normalized spacial score (nSPS) is 14.1. The maximum absolute atomic E-state index is 12.2. The molecule has 2 aromatic carbocycles. The topological polar surface area (TPSA) is 60.0 Å². The fraction of sp³-hybridized carbons (Fsp3) is 0.391. The number of aliphatic imine (C=N–C) groups is 1. The van der Waals surface area contributed by atoms with Gasteiger partial charge in [-0.2, -0.15) is 0 Å². The number of para-hydroxylation sites is 1. The highest BCUT2D eigenvalue weighted by Gasteiger charge is 2.19. The molecule has 0 radical (unpaired) electrons. The summed E-state index contributed by atoms with van der Waals surface area (Å²) < 4.78 is 0. The fourth-order valence-corrected chi connectivity index (χ4v) is 3.43. The molecule has 1 aliphatic heterocycles. The second-order valence-electron chi connectivity index (χ2n) is 7.07. The van der Waals surface area contributed by atoms with Crippen LogP contribution in [0.15, 0.2) is 65.7 Å². The van der Waals surface area contributed by atoms with Crippen LogP contribution < -0.4 is 15.5 Å². The fourth-order valence-electron chi connectivity index (χ4n) is 3.43. The third kappa shape index (κ3) is 7.51. The van der Waals surface area contributed by atoms with Crippen LogP contribution in [0.5, 0.6) is 0 Å². The van der Waals surface area contributed by atoms with Crippen molar-refractivity contribution in [2.45, 2.75) is 13.3 Å². The summed E-state index contributed by atoms with van der Waals surface area (Å²) in [6.45, 7) is 7.27. The average molecular weight is 521 g/mol. The highest BCUT2D eigenvalue weighted by Crippen LogP contribution is 2.15. The smallest absolute Gasteiger partial charge is 0.241 e. The van der Waals surface area contributed by atoms with Gasteiger partial charge in [-0.05, 0) is 31.0 Å². The average Bonchev–Trinajstić information content (AvgIpc) is 2.78.